The number of aryl methyl sites for hydroxylation is 1. The number of carbonyl (C=O) groups is 1. The van der Waals surface area contributed by atoms with Gasteiger partial charge in [0.25, 0.3) is 0 Å². The number of oxazole rings is 1. The molecule has 0 bridgehead atoms. The van der Waals surface area contributed by atoms with Crippen molar-refractivity contribution in [2.75, 3.05) is 5.32 Å². The molecule has 1 aromatic carbocycles. The summed E-state index contributed by atoms with van der Waals surface area (Å²) in [5, 5.41) is 5.56. The first-order valence-corrected chi connectivity index (χ1v) is 8.10. The Bertz CT molecular complexity index is 848. The number of carbonyl (C=O) groups excluding carboxylic acids is 1. The summed E-state index contributed by atoms with van der Waals surface area (Å²) in [6, 6.07) is 7.08. The zero-order valence-corrected chi connectivity index (χ0v) is 14.5. The Labute approximate surface area is 146 Å². The van der Waals surface area contributed by atoms with E-state index in [-0.39, 0.29) is 6.03 Å². The highest BCUT2D eigenvalue weighted by Gasteiger charge is 2.10. The van der Waals surface area contributed by atoms with Crippen molar-refractivity contribution in [2.24, 2.45) is 7.05 Å². The number of benzene rings is 1. The predicted octanol–water partition coefficient (Wildman–Crippen LogP) is 3.52. The minimum absolute atomic E-state index is 0.283. The molecule has 0 fully saturated rings. The van der Waals surface area contributed by atoms with Crippen molar-refractivity contribution in [2.45, 2.75) is 26.3 Å². The summed E-state index contributed by atoms with van der Waals surface area (Å²) in [6.07, 6.45) is 5.28. The number of urea groups is 1. The lowest BCUT2D eigenvalue weighted by Crippen LogP contribution is -2.29. The largest absolute Gasteiger partial charge is 0.441 e. The van der Waals surface area contributed by atoms with Gasteiger partial charge in [-0.05, 0) is 24.3 Å². The van der Waals surface area contributed by atoms with Gasteiger partial charge in [0, 0.05) is 36.6 Å². The first-order valence-electron chi connectivity index (χ1n) is 8.10. The van der Waals surface area contributed by atoms with Crippen molar-refractivity contribution in [1.82, 2.24) is 19.9 Å². The van der Waals surface area contributed by atoms with Crippen LogP contribution >= 0.6 is 0 Å². The predicted molar refractivity (Wildman–Crippen MR) is 95.1 cm³/mol. The molecule has 2 aromatic heterocycles. The second-order valence-electron chi connectivity index (χ2n) is 6.06. The highest BCUT2D eigenvalue weighted by atomic mass is 16.4. The normalized spacial score (nSPS) is 10.9. The molecule has 3 rings (SSSR count). The van der Waals surface area contributed by atoms with Crippen LogP contribution in [0.25, 0.3) is 11.5 Å². The van der Waals surface area contributed by atoms with E-state index in [1.165, 1.54) is 0 Å². The molecular formula is C18H21N5O2. The van der Waals surface area contributed by atoms with Crippen LogP contribution in [0.4, 0.5) is 10.5 Å². The number of nitrogens with one attached hydrogen (secondary N) is 2. The zero-order valence-electron chi connectivity index (χ0n) is 14.5. The third-order valence-electron chi connectivity index (χ3n) is 3.81. The standard InChI is InChI=1S/C18H21N5O2/c1-12(2)15-10-20-17(25-15)13-4-6-14(7-5-13)22-18(24)21-11-16-19-8-9-23(16)3/h4-10,12H,11H2,1-3H3,(H2,21,22,24). The average molecular weight is 339 g/mol. The van der Waals surface area contributed by atoms with Crippen molar-refractivity contribution in [3.8, 4) is 11.5 Å². The number of anilines is 1. The van der Waals surface area contributed by atoms with E-state index < -0.39 is 0 Å². The number of hydrogen-bond donors (Lipinski definition) is 2. The van der Waals surface area contributed by atoms with Crippen molar-refractivity contribution in [3.63, 3.8) is 0 Å². The van der Waals surface area contributed by atoms with Gasteiger partial charge in [0.15, 0.2) is 0 Å². The highest BCUT2D eigenvalue weighted by molar-refractivity contribution is 5.89. The fourth-order valence-electron chi connectivity index (χ4n) is 2.28. The van der Waals surface area contributed by atoms with Gasteiger partial charge in [0.05, 0.1) is 12.7 Å². The molecule has 25 heavy (non-hydrogen) atoms. The van der Waals surface area contributed by atoms with Crippen LogP contribution in [0.1, 0.15) is 31.4 Å². The molecule has 0 radical (unpaired) electrons. The molecule has 0 saturated heterocycles. The van der Waals surface area contributed by atoms with Gasteiger partial charge in [0.1, 0.15) is 11.6 Å². The molecule has 0 atom stereocenters. The lowest BCUT2D eigenvalue weighted by Gasteiger charge is -2.08. The van der Waals surface area contributed by atoms with Gasteiger partial charge in [-0.3, -0.25) is 0 Å². The number of rotatable bonds is 5. The third-order valence-corrected chi connectivity index (χ3v) is 3.81. The summed E-state index contributed by atoms with van der Waals surface area (Å²) in [7, 11) is 1.88. The SMILES string of the molecule is CC(C)c1cnc(-c2ccc(NC(=O)NCc3nccn3C)cc2)o1. The Hall–Kier alpha value is -3.09. The van der Waals surface area contributed by atoms with Crippen molar-refractivity contribution in [3.05, 3.63) is 54.4 Å². The van der Waals surface area contributed by atoms with Crippen LogP contribution in [-0.2, 0) is 13.6 Å². The van der Waals surface area contributed by atoms with E-state index in [1.54, 1.807) is 12.4 Å². The molecule has 2 amide bonds. The molecule has 7 heteroatoms. The molecule has 0 saturated carbocycles. The van der Waals surface area contributed by atoms with Gasteiger partial charge in [0.2, 0.25) is 5.89 Å². The van der Waals surface area contributed by atoms with Crippen LogP contribution in [-0.4, -0.2) is 20.6 Å². The maximum atomic E-state index is 12.0. The van der Waals surface area contributed by atoms with E-state index in [0.717, 1.165) is 17.1 Å². The van der Waals surface area contributed by atoms with Crippen LogP contribution in [0, 0.1) is 0 Å². The minimum atomic E-state index is -0.283. The van der Waals surface area contributed by atoms with Crippen molar-refractivity contribution in [1.29, 1.82) is 0 Å². The summed E-state index contributed by atoms with van der Waals surface area (Å²) in [6.45, 7) is 4.48. The fraction of sp³-hybridized carbons (Fsp3) is 0.278. The molecule has 2 N–H and O–H groups in total. The molecule has 3 aromatic rings. The van der Waals surface area contributed by atoms with E-state index in [2.05, 4.69) is 34.4 Å². The molecule has 0 aliphatic rings. The molecule has 0 aliphatic heterocycles. The number of imidazole rings is 1. The van der Waals surface area contributed by atoms with Crippen LogP contribution in [0.3, 0.4) is 0 Å². The topological polar surface area (TPSA) is 85.0 Å². The second kappa shape index (κ2) is 7.21. The van der Waals surface area contributed by atoms with E-state index in [4.69, 9.17) is 4.42 Å². The average Bonchev–Trinajstić information content (AvgIpc) is 3.23. The molecule has 130 valence electrons. The Morgan fingerprint density at radius 2 is 2.00 bits per heavy atom. The monoisotopic (exact) mass is 339 g/mol. The number of hydrogen-bond acceptors (Lipinski definition) is 4. The van der Waals surface area contributed by atoms with Crippen molar-refractivity contribution < 1.29 is 9.21 Å². The van der Waals surface area contributed by atoms with Gasteiger partial charge in [-0.15, -0.1) is 0 Å². The molecule has 7 nitrogen and oxygen atoms in total. The smallest absolute Gasteiger partial charge is 0.319 e. The number of nitrogens with zero attached hydrogens (tertiary/aromatic N) is 3. The van der Waals surface area contributed by atoms with Gasteiger partial charge < -0.3 is 19.6 Å². The Morgan fingerprint density at radius 3 is 2.60 bits per heavy atom. The Morgan fingerprint density at radius 1 is 1.24 bits per heavy atom. The summed E-state index contributed by atoms with van der Waals surface area (Å²) >= 11 is 0. The first-order chi connectivity index (χ1) is 12.0. The quantitative estimate of drug-likeness (QED) is 0.745. The number of aromatic nitrogens is 3. The Kier molecular flexibility index (Phi) is 4.83. The van der Waals surface area contributed by atoms with E-state index in [9.17, 15) is 4.79 Å². The van der Waals surface area contributed by atoms with Crippen molar-refractivity contribution >= 4 is 11.7 Å². The lowest BCUT2D eigenvalue weighted by atomic mass is 10.2. The molecule has 0 aliphatic carbocycles. The van der Waals surface area contributed by atoms with Crippen LogP contribution < -0.4 is 10.6 Å². The molecule has 0 unspecified atom stereocenters. The fourth-order valence-corrected chi connectivity index (χ4v) is 2.28. The van der Waals surface area contributed by atoms with Crippen LogP contribution in [0.2, 0.25) is 0 Å². The van der Waals surface area contributed by atoms with Crippen LogP contribution in [0.5, 0.6) is 0 Å². The summed E-state index contributed by atoms with van der Waals surface area (Å²) in [5.41, 5.74) is 1.56. The van der Waals surface area contributed by atoms with Gasteiger partial charge in [-0.2, -0.15) is 0 Å². The van der Waals surface area contributed by atoms with Gasteiger partial charge in [-0.1, -0.05) is 13.8 Å². The van der Waals surface area contributed by atoms with Gasteiger partial charge >= 0.3 is 6.03 Å². The van der Waals surface area contributed by atoms with Gasteiger partial charge in [-0.25, -0.2) is 14.8 Å². The molecule has 2 heterocycles. The van der Waals surface area contributed by atoms with E-state index >= 15 is 0 Å². The summed E-state index contributed by atoms with van der Waals surface area (Å²) in [5.74, 6) is 2.51. The first kappa shape index (κ1) is 16.8. The maximum Gasteiger partial charge on any atom is 0.319 e. The van der Waals surface area contributed by atoms with E-state index in [1.807, 2.05) is 42.1 Å². The zero-order chi connectivity index (χ0) is 17.8. The maximum absolute atomic E-state index is 12.0. The number of amides is 2. The molecular weight excluding hydrogens is 318 g/mol. The minimum Gasteiger partial charge on any atom is -0.441 e. The second-order valence-corrected chi connectivity index (χ2v) is 6.06. The van der Waals surface area contributed by atoms with Crippen LogP contribution in [0.15, 0.2) is 47.3 Å². The molecule has 0 spiro atoms. The summed E-state index contributed by atoms with van der Waals surface area (Å²) in [4.78, 5) is 20.4. The highest BCUT2D eigenvalue weighted by Crippen LogP contribution is 2.24. The third kappa shape index (κ3) is 4.06. The summed E-state index contributed by atoms with van der Waals surface area (Å²) < 4.78 is 7.58. The Balaban J connectivity index is 1.58. The van der Waals surface area contributed by atoms with E-state index in [0.29, 0.717) is 24.0 Å². The lowest BCUT2D eigenvalue weighted by molar-refractivity contribution is 0.251.